The molecule has 0 bridgehead atoms. The Bertz CT molecular complexity index is 298. The van der Waals surface area contributed by atoms with E-state index in [1.165, 1.54) is 5.56 Å². The molecule has 0 aliphatic heterocycles. The van der Waals surface area contributed by atoms with Gasteiger partial charge in [-0.2, -0.15) is 0 Å². The van der Waals surface area contributed by atoms with Crippen LogP contribution in [0.4, 0.5) is 0 Å². The SMILES string of the molecule is CC(NCC(C)(C)CCO)c1cccnc1. The first-order valence-corrected chi connectivity index (χ1v) is 5.79. The van der Waals surface area contributed by atoms with Gasteiger partial charge in [-0.3, -0.25) is 4.98 Å². The van der Waals surface area contributed by atoms with Gasteiger partial charge in [0.05, 0.1) is 0 Å². The smallest absolute Gasteiger partial charge is 0.0436 e. The molecular formula is C13H22N2O. The van der Waals surface area contributed by atoms with Gasteiger partial charge in [0.25, 0.3) is 0 Å². The number of pyridine rings is 1. The Morgan fingerprint density at radius 2 is 2.25 bits per heavy atom. The molecule has 3 heteroatoms. The van der Waals surface area contributed by atoms with Crippen LogP contribution in [0.5, 0.6) is 0 Å². The number of hydrogen-bond donors (Lipinski definition) is 2. The molecule has 0 amide bonds. The highest BCUT2D eigenvalue weighted by atomic mass is 16.3. The third kappa shape index (κ3) is 4.29. The van der Waals surface area contributed by atoms with Gasteiger partial charge in [0.2, 0.25) is 0 Å². The fourth-order valence-corrected chi connectivity index (χ4v) is 1.57. The molecular weight excluding hydrogens is 200 g/mol. The predicted octanol–water partition coefficient (Wildman–Crippen LogP) is 2.14. The zero-order valence-corrected chi connectivity index (χ0v) is 10.4. The number of aliphatic hydroxyl groups excluding tert-OH is 1. The van der Waals surface area contributed by atoms with Crippen molar-refractivity contribution in [3.8, 4) is 0 Å². The highest BCUT2D eigenvalue weighted by molar-refractivity contribution is 5.12. The van der Waals surface area contributed by atoms with Crippen LogP contribution < -0.4 is 5.32 Å². The van der Waals surface area contributed by atoms with E-state index >= 15 is 0 Å². The van der Waals surface area contributed by atoms with E-state index in [0.29, 0.717) is 6.04 Å². The summed E-state index contributed by atoms with van der Waals surface area (Å²) < 4.78 is 0. The third-order valence-electron chi connectivity index (χ3n) is 2.86. The fraction of sp³-hybridized carbons (Fsp3) is 0.615. The van der Waals surface area contributed by atoms with Crippen molar-refractivity contribution in [1.82, 2.24) is 10.3 Å². The van der Waals surface area contributed by atoms with Gasteiger partial charge < -0.3 is 10.4 Å². The van der Waals surface area contributed by atoms with Gasteiger partial charge in [-0.25, -0.2) is 0 Å². The normalized spacial score (nSPS) is 13.8. The summed E-state index contributed by atoms with van der Waals surface area (Å²) in [6.07, 6.45) is 4.49. The van der Waals surface area contributed by atoms with Gasteiger partial charge >= 0.3 is 0 Å². The first-order valence-electron chi connectivity index (χ1n) is 5.79. The third-order valence-corrected chi connectivity index (χ3v) is 2.86. The Labute approximate surface area is 97.9 Å². The van der Waals surface area contributed by atoms with Crippen molar-refractivity contribution in [2.75, 3.05) is 13.2 Å². The van der Waals surface area contributed by atoms with E-state index in [1.807, 2.05) is 12.3 Å². The first-order chi connectivity index (χ1) is 7.55. The zero-order valence-electron chi connectivity index (χ0n) is 10.4. The number of hydrogen-bond acceptors (Lipinski definition) is 3. The largest absolute Gasteiger partial charge is 0.396 e. The highest BCUT2D eigenvalue weighted by Crippen LogP contribution is 2.20. The molecule has 1 rings (SSSR count). The van der Waals surface area contributed by atoms with Crippen LogP contribution in [0.3, 0.4) is 0 Å². The van der Waals surface area contributed by atoms with Gasteiger partial charge in [-0.05, 0) is 30.4 Å². The lowest BCUT2D eigenvalue weighted by atomic mass is 9.89. The molecule has 0 aliphatic rings. The molecule has 0 spiro atoms. The van der Waals surface area contributed by atoms with Crippen LogP contribution in [0.25, 0.3) is 0 Å². The van der Waals surface area contributed by atoms with Gasteiger partial charge in [0.1, 0.15) is 0 Å². The Morgan fingerprint density at radius 1 is 1.50 bits per heavy atom. The van der Waals surface area contributed by atoms with E-state index in [-0.39, 0.29) is 12.0 Å². The summed E-state index contributed by atoms with van der Waals surface area (Å²) in [5.74, 6) is 0. The summed E-state index contributed by atoms with van der Waals surface area (Å²) in [4.78, 5) is 4.11. The van der Waals surface area contributed by atoms with E-state index in [9.17, 15) is 0 Å². The standard InChI is InChI=1S/C13H22N2O/c1-11(12-5-4-7-14-9-12)15-10-13(2,3)6-8-16/h4-5,7,9,11,15-16H,6,8,10H2,1-3H3. The maximum absolute atomic E-state index is 8.95. The van der Waals surface area contributed by atoms with Crippen molar-refractivity contribution in [2.45, 2.75) is 33.2 Å². The molecule has 90 valence electrons. The monoisotopic (exact) mass is 222 g/mol. The summed E-state index contributed by atoms with van der Waals surface area (Å²) in [6, 6.07) is 4.32. The number of nitrogens with zero attached hydrogens (tertiary/aromatic N) is 1. The fourth-order valence-electron chi connectivity index (χ4n) is 1.57. The molecule has 0 radical (unpaired) electrons. The van der Waals surface area contributed by atoms with Gasteiger partial charge in [0.15, 0.2) is 0 Å². The lowest BCUT2D eigenvalue weighted by Crippen LogP contribution is -2.32. The zero-order chi connectivity index (χ0) is 12.0. The maximum atomic E-state index is 8.95. The maximum Gasteiger partial charge on any atom is 0.0436 e. The number of aliphatic hydroxyl groups is 1. The molecule has 3 nitrogen and oxygen atoms in total. The number of nitrogens with one attached hydrogen (secondary N) is 1. The van der Waals surface area contributed by atoms with Gasteiger partial charge in [-0.15, -0.1) is 0 Å². The predicted molar refractivity (Wildman–Crippen MR) is 66.1 cm³/mol. The highest BCUT2D eigenvalue weighted by Gasteiger charge is 2.18. The Kier molecular flexibility index (Phi) is 4.90. The molecule has 16 heavy (non-hydrogen) atoms. The molecule has 0 aliphatic carbocycles. The van der Waals surface area contributed by atoms with Crippen molar-refractivity contribution < 1.29 is 5.11 Å². The summed E-state index contributed by atoms with van der Waals surface area (Å²) >= 11 is 0. The molecule has 0 saturated carbocycles. The van der Waals surface area contributed by atoms with Crippen molar-refractivity contribution in [3.05, 3.63) is 30.1 Å². The van der Waals surface area contributed by atoms with Crippen LogP contribution in [-0.2, 0) is 0 Å². The second kappa shape index (κ2) is 5.97. The van der Waals surface area contributed by atoms with E-state index < -0.39 is 0 Å². The van der Waals surface area contributed by atoms with Crippen molar-refractivity contribution in [1.29, 1.82) is 0 Å². The average Bonchev–Trinajstić information content (AvgIpc) is 2.27. The first kappa shape index (κ1) is 13.1. The quantitative estimate of drug-likeness (QED) is 0.775. The Hall–Kier alpha value is -0.930. The number of aromatic nitrogens is 1. The second-order valence-electron chi connectivity index (χ2n) is 5.03. The molecule has 0 fully saturated rings. The molecule has 2 N–H and O–H groups in total. The van der Waals surface area contributed by atoms with Crippen LogP contribution in [0, 0.1) is 5.41 Å². The average molecular weight is 222 g/mol. The van der Waals surface area contributed by atoms with Crippen molar-refractivity contribution in [2.24, 2.45) is 5.41 Å². The molecule has 1 heterocycles. The minimum absolute atomic E-state index is 0.130. The van der Waals surface area contributed by atoms with Crippen LogP contribution in [0.15, 0.2) is 24.5 Å². The lowest BCUT2D eigenvalue weighted by Gasteiger charge is -2.26. The van der Waals surface area contributed by atoms with Gasteiger partial charge in [-0.1, -0.05) is 19.9 Å². The molecule has 1 atom stereocenters. The molecule has 0 aromatic carbocycles. The summed E-state index contributed by atoms with van der Waals surface area (Å²) in [5, 5.41) is 12.4. The molecule has 1 unspecified atom stereocenters. The molecule has 1 aromatic heterocycles. The van der Waals surface area contributed by atoms with E-state index in [1.54, 1.807) is 6.20 Å². The second-order valence-corrected chi connectivity index (χ2v) is 5.03. The number of rotatable bonds is 6. The van der Waals surface area contributed by atoms with Crippen LogP contribution in [0.2, 0.25) is 0 Å². The van der Waals surface area contributed by atoms with Crippen LogP contribution in [-0.4, -0.2) is 23.2 Å². The van der Waals surface area contributed by atoms with Crippen molar-refractivity contribution >= 4 is 0 Å². The molecule has 1 aromatic rings. The summed E-state index contributed by atoms with van der Waals surface area (Å²) in [7, 11) is 0. The van der Waals surface area contributed by atoms with E-state index in [0.717, 1.165) is 13.0 Å². The van der Waals surface area contributed by atoms with Crippen molar-refractivity contribution in [3.63, 3.8) is 0 Å². The van der Waals surface area contributed by atoms with Gasteiger partial charge in [0, 0.05) is 31.6 Å². The lowest BCUT2D eigenvalue weighted by molar-refractivity contribution is 0.203. The Morgan fingerprint density at radius 3 is 2.81 bits per heavy atom. The van der Waals surface area contributed by atoms with Crippen LogP contribution in [0.1, 0.15) is 38.8 Å². The minimum atomic E-state index is 0.130. The van der Waals surface area contributed by atoms with E-state index in [2.05, 4.69) is 37.1 Å². The summed E-state index contributed by atoms with van der Waals surface area (Å²) in [6.45, 7) is 7.59. The molecule has 0 saturated heterocycles. The topological polar surface area (TPSA) is 45.1 Å². The summed E-state index contributed by atoms with van der Waals surface area (Å²) in [5.41, 5.74) is 1.33. The minimum Gasteiger partial charge on any atom is -0.396 e. The van der Waals surface area contributed by atoms with E-state index in [4.69, 9.17) is 5.11 Å². The van der Waals surface area contributed by atoms with Crippen LogP contribution >= 0.6 is 0 Å². The Balaban J connectivity index is 2.44.